The van der Waals surface area contributed by atoms with Gasteiger partial charge in [-0.25, -0.2) is 0 Å². The van der Waals surface area contributed by atoms with Crippen LogP contribution in [0.1, 0.15) is 31.6 Å². The predicted molar refractivity (Wildman–Crippen MR) is 115 cm³/mol. The number of benzene rings is 2. The molecular formula is C24H23N3O6. The van der Waals surface area contributed by atoms with E-state index in [1.54, 1.807) is 0 Å². The molecule has 0 N–H and O–H groups in total. The van der Waals surface area contributed by atoms with Crippen molar-refractivity contribution in [3.63, 3.8) is 0 Å². The number of nitrogens with zero attached hydrogens (tertiary/aromatic N) is 3. The zero-order valence-corrected chi connectivity index (χ0v) is 18.1. The monoisotopic (exact) mass is 449 g/mol. The summed E-state index contributed by atoms with van der Waals surface area (Å²) in [6, 6.07) is 12.9. The van der Waals surface area contributed by atoms with Gasteiger partial charge in [0.25, 0.3) is 5.91 Å². The summed E-state index contributed by atoms with van der Waals surface area (Å²) >= 11 is 0. The Hall–Kier alpha value is -3.75. The molecule has 4 heterocycles. The van der Waals surface area contributed by atoms with Crippen molar-refractivity contribution in [2.75, 3.05) is 19.9 Å². The van der Waals surface area contributed by atoms with Crippen molar-refractivity contribution >= 4 is 5.91 Å². The fourth-order valence-electron chi connectivity index (χ4n) is 4.50. The Morgan fingerprint density at radius 3 is 2.70 bits per heavy atom. The molecule has 0 spiro atoms. The third kappa shape index (κ3) is 3.63. The maximum absolute atomic E-state index is 13.3. The second-order valence-electron chi connectivity index (χ2n) is 8.45. The van der Waals surface area contributed by atoms with E-state index in [4.69, 9.17) is 23.4 Å². The topological polar surface area (TPSA) is 96.2 Å². The molecule has 3 aliphatic heterocycles. The van der Waals surface area contributed by atoms with E-state index in [1.165, 1.54) is 0 Å². The fraction of sp³-hybridized carbons (Fsp3) is 0.375. The average molecular weight is 449 g/mol. The van der Waals surface area contributed by atoms with Gasteiger partial charge in [0.05, 0.1) is 5.92 Å². The van der Waals surface area contributed by atoms with Crippen LogP contribution in [0.5, 0.6) is 23.0 Å². The van der Waals surface area contributed by atoms with Crippen LogP contribution < -0.4 is 18.9 Å². The Labute approximate surface area is 190 Å². The molecule has 33 heavy (non-hydrogen) atoms. The molecule has 3 aliphatic rings. The van der Waals surface area contributed by atoms with Gasteiger partial charge in [0, 0.05) is 18.7 Å². The van der Waals surface area contributed by atoms with Crippen molar-refractivity contribution in [3.05, 3.63) is 48.4 Å². The molecule has 0 saturated carbocycles. The van der Waals surface area contributed by atoms with E-state index in [2.05, 4.69) is 10.2 Å². The van der Waals surface area contributed by atoms with E-state index < -0.39 is 6.10 Å². The van der Waals surface area contributed by atoms with Crippen molar-refractivity contribution in [1.82, 2.24) is 15.1 Å². The molecule has 0 bridgehead atoms. The van der Waals surface area contributed by atoms with Gasteiger partial charge in [0.1, 0.15) is 6.10 Å². The van der Waals surface area contributed by atoms with Gasteiger partial charge >= 0.3 is 0 Å². The van der Waals surface area contributed by atoms with E-state index in [9.17, 15) is 4.79 Å². The molecule has 0 radical (unpaired) electrons. The SMILES string of the molecule is CC1Oc2ccccc2OC1C(=O)N1CCCC(c2nnc(-c3ccc4c(c3)OCO4)o2)C1. The molecule has 1 aromatic heterocycles. The van der Waals surface area contributed by atoms with Crippen molar-refractivity contribution in [3.8, 4) is 34.5 Å². The molecule has 3 unspecified atom stereocenters. The van der Waals surface area contributed by atoms with Crippen molar-refractivity contribution < 1.29 is 28.2 Å². The minimum Gasteiger partial charge on any atom is -0.482 e. The number of piperidine rings is 1. The third-order valence-electron chi connectivity index (χ3n) is 6.23. The maximum atomic E-state index is 13.3. The molecule has 3 atom stereocenters. The second-order valence-corrected chi connectivity index (χ2v) is 8.45. The highest BCUT2D eigenvalue weighted by molar-refractivity contribution is 5.82. The van der Waals surface area contributed by atoms with Crippen molar-refractivity contribution in [2.45, 2.75) is 37.9 Å². The van der Waals surface area contributed by atoms with Gasteiger partial charge in [-0.3, -0.25) is 4.79 Å². The lowest BCUT2D eigenvalue weighted by molar-refractivity contribution is -0.145. The summed E-state index contributed by atoms with van der Waals surface area (Å²) < 4.78 is 28.7. The molecule has 170 valence electrons. The maximum Gasteiger partial charge on any atom is 0.267 e. The number of amides is 1. The van der Waals surface area contributed by atoms with Gasteiger partial charge in [0.2, 0.25) is 24.7 Å². The highest BCUT2D eigenvalue weighted by atomic mass is 16.7. The highest BCUT2D eigenvalue weighted by Crippen LogP contribution is 2.37. The van der Waals surface area contributed by atoms with Gasteiger partial charge < -0.3 is 28.3 Å². The zero-order chi connectivity index (χ0) is 22.4. The summed E-state index contributed by atoms with van der Waals surface area (Å²) in [5.41, 5.74) is 0.766. The quantitative estimate of drug-likeness (QED) is 0.600. The molecule has 6 rings (SSSR count). The Bertz CT molecular complexity index is 1190. The van der Waals surface area contributed by atoms with Crippen LogP contribution >= 0.6 is 0 Å². The van der Waals surface area contributed by atoms with Gasteiger partial charge in [-0.2, -0.15) is 0 Å². The number of likely N-dealkylation sites (tertiary alicyclic amines) is 1. The van der Waals surface area contributed by atoms with Crippen LogP contribution in [-0.4, -0.2) is 53.1 Å². The van der Waals surface area contributed by atoms with Crippen LogP contribution in [0.4, 0.5) is 0 Å². The predicted octanol–water partition coefficient (Wildman–Crippen LogP) is 3.40. The molecular weight excluding hydrogens is 426 g/mol. The van der Waals surface area contributed by atoms with Crippen LogP contribution in [0.2, 0.25) is 0 Å². The molecule has 9 nitrogen and oxygen atoms in total. The van der Waals surface area contributed by atoms with Gasteiger partial charge in [0.15, 0.2) is 23.0 Å². The van der Waals surface area contributed by atoms with E-state index in [0.29, 0.717) is 47.9 Å². The number of hydrogen-bond acceptors (Lipinski definition) is 8. The van der Waals surface area contributed by atoms with Crippen LogP contribution in [0.25, 0.3) is 11.5 Å². The minimum absolute atomic E-state index is 0.0370. The fourth-order valence-corrected chi connectivity index (χ4v) is 4.50. The zero-order valence-electron chi connectivity index (χ0n) is 18.1. The lowest BCUT2D eigenvalue weighted by Gasteiger charge is -2.37. The summed E-state index contributed by atoms with van der Waals surface area (Å²) in [5.74, 6) is 3.43. The first-order valence-corrected chi connectivity index (χ1v) is 11.1. The first-order chi connectivity index (χ1) is 16.2. The minimum atomic E-state index is -0.689. The molecule has 1 fully saturated rings. The highest BCUT2D eigenvalue weighted by Gasteiger charge is 2.39. The number of ether oxygens (including phenoxy) is 4. The van der Waals surface area contributed by atoms with Crippen LogP contribution in [-0.2, 0) is 4.79 Å². The normalized spacial score (nSPS) is 23.4. The number of rotatable bonds is 3. The van der Waals surface area contributed by atoms with Crippen molar-refractivity contribution in [1.29, 1.82) is 0 Å². The molecule has 3 aromatic rings. The molecule has 1 amide bonds. The first-order valence-electron chi connectivity index (χ1n) is 11.1. The van der Waals surface area contributed by atoms with E-state index in [1.807, 2.05) is 54.3 Å². The van der Waals surface area contributed by atoms with Crippen LogP contribution in [0.3, 0.4) is 0 Å². The standard InChI is InChI=1S/C24H23N3O6/c1-14-21(32-19-7-3-2-6-18(19)31-14)24(28)27-10-4-5-16(12-27)23-26-25-22(33-23)15-8-9-17-20(11-15)30-13-29-17/h2-3,6-9,11,14,16,21H,4-5,10,12-13H2,1H3. The molecule has 1 saturated heterocycles. The number of hydrogen-bond donors (Lipinski definition) is 0. The summed E-state index contributed by atoms with van der Waals surface area (Å²) in [6.07, 6.45) is 0.642. The molecule has 2 aromatic carbocycles. The third-order valence-corrected chi connectivity index (χ3v) is 6.23. The van der Waals surface area contributed by atoms with Crippen molar-refractivity contribution in [2.24, 2.45) is 0 Å². The smallest absolute Gasteiger partial charge is 0.267 e. The summed E-state index contributed by atoms with van der Waals surface area (Å²) in [7, 11) is 0. The lowest BCUT2D eigenvalue weighted by Crippen LogP contribution is -2.52. The van der Waals surface area contributed by atoms with Crippen LogP contribution in [0, 0.1) is 0 Å². The number of fused-ring (bicyclic) bond motifs is 2. The average Bonchev–Trinajstić information content (AvgIpc) is 3.53. The van der Waals surface area contributed by atoms with Crippen LogP contribution in [0.15, 0.2) is 46.9 Å². The number of carbonyl (C=O) groups excluding carboxylic acids is 1. The van der Waals surface area contributed by atoms with Gasteiger partial charge in [-0.1, -0.05) is 12.1 Å². The Morgan fingerprint density at radius 1 is 1.00 bits per heavy atom. The first kappa shape index (κ1) is 19.9. The van der Waals surface area contributed by atoms with E-state index in [-0.39, 0.29) is 24.7 Å². The Kier molecular flexibility index (Phi) is 4.82. The summed E-state index contributed by atoms with van der Waals surface area (Å²) in [4.78, 5) is 15.1. The largest absolute Gasteiger partial charge is 0.482 e. The van der Waals surface area contributed by atoms with Gasteiger partial charge in [-0.15, -0.1) is 10.2 Å². The number of para-hydroxylation sites is 2. The molecule has 0 aliphatic carbocycles. The Morgan fingerprint density at radius 2 is 1.82 bits per heavy atom. The Balaban J connectivity index is 1.17. The molecule has 9 heteroatoms. The van der Waals surface area contributed by atoms with E-state index in [0.717, 1.165) is 18.4 Å². The summed E-state index contributed by atoms with van der Waals surface area (Å²) in [5, 5.41) is 8.50. The number of aromatic nitrogens is 2. The summed E-state index contributed by atoms with van der Waals surface area (Å²) in [6.45, 7) is 3.22. The number of carbonyl (C=O) groups is 1. The second kappa shape index (κ2) is 7.99. The van der Waals surface area contributed by atoms with Gasteiger partial charge in [-0.05, 0) is 50.1 Å². The van der Waals surface area contributed by atoms with E-state index >= 15 is 0 Å². The lowest BCUT2D eigenvalue weighted by atomic mass is 9.97.